The fourth-order valence-corrected chi connectivity index (χ4v) is 2.86. The first-order valence-corrected chi connectivity index (χ1v) is 7.75. The van der Waals surface area contributed by atoms with Gasteiger partial charge in [-0.25, -0.2) is 0 Å². The summed E-state index contributed by atoms with van der Waals surface area (Å²) in [6, 6.07) is 0.621. The highest BCUT2D eigenvalue weighted by Crippen LogP contribution is 2.27. The van der Waals surface area contributed by atoms with E-state index in [0.717, 1.165) is 30.7 Å². The fourth-order valence-electron chi connectivity index (χ4n) is 2.86. The number of nitrogens with one attached hydrogen (secondary N) is 2. The van der Waals surface area contributed by atoms with Crippen molar-refractivity contribution in [3.05, 3.63) is 23.0 Å². The maximum Gasteiger partial charge on any atom is 0.173 e. The van der Waals surface area contributed by atoms with E-state index in [1.807, 2.05) is 18.5 Å². The Hall–Kier alpha value is -1.95. The van der Waals surface area contributed by atoms with Gasteiger partial charge >= 0.3 is 0 Å². The average molecular weight is 284 g/mol. The Balaban J connectivity index is 1.66. The predicted molar refractivity (Wildman–Crippen MR) is 83.4 cm³/mol. The highest BCUT2D eigenvalue weighted by atomic mass is 15.5. The van der Waals surface area contributed by atoms with Crippen molar-refractivity contribution in [1.82, 2.24) is 20.5 Å². The molecule has 1 fully saturated rings. The number of aliphatic imine (C=N–C) groups is 1. The maximum atomic E-state index is 4.62. The molecule has 2 aliphatic heterocycles. The normalized spacial score (nSPS) is 23.7. The first kappa shape index (κ1) is 12.8. The summed E-state index contributed by atoms with van der Waals surface area (Å²) >= 11 is 0. The van der Waals surface area contributed by atoms with Crippen LogP contribution in [0.3, 0.4) is 0 Å². The fraction of sp³-hybridized carbons (Fsp3) is 0.533. The molecule has 1 aromatic heterocycles. The standard InChI is InChI=1S/C15H20N6/c1-2-11-14(13-4-3-8-17-21(13)20-11)12-7-9-16-15(19-12)18-10-5-6-10/h7-10,15,18-19H,2-6H2,1H3. The molecule has 110 valence electrons. The second-order valence-corrected chi connectivity index (χ2v) is 5.71. The van der Waals surface area contributed by atoms with E-state index in [2.05, 4.69) is 32.7 Å². The number of allylic oxidation sites excluding steroid dienone is 1. The van der Waals surface area contributed by atoms with Gasteiger partial charge in [-0.15, -0.1) is 0 Å². The van der Waals surface area contributed by atoms with Crippen LogP contribution < -0.4 is 10.6 Å². The molecule has 0 aromatic carbocycles. The van der Waals surface area contributed by atoms with E-state index < -0.39 is 0 Å². The third kappa shape index (κ3) is 2.40. The summed E-state index contributed by atoms with van der Waals surface area (Å²) in [6.07, 6.45) is 11.2. The Labute approximate surface area is 124 Å². The van der Waals surface area contributed by atoms with Gasteiger partial charge in [-0.05, 0) is 38.2 Å². The summed E-state index contributed by atoms with van der Waals surface area (Å²) in [7, 11) is 0. The van der Waals surface area contributed by atoms with Crippen LogP contribution in [0.25, 0.3) is 5.70 Å². The van der Waals surface area contributed by atoms with Crippen molar-refractivity contribution in [3.63, 3.8) is 0 Å². The van der Waals surface area contributed by atoms with Gasteiger partial charge in [0.1, 0.15) is 0 Å². The van der Waals surface area contributed by atoms with Gasteiger partial charge in [-0.1, -0.05) is 6.92 Å². The Bertz CT molecular complexity index is 635. The van der Waals surface area contributed by atoms with E-state index >= 15 is 0 Å². The van der Waals surface area contributed by atoms with Gasteiger partial charge in [-0.3, -0.25) is 10.3 Å². The van der Waals surface area contributed by atoms with Crippen LogP contribution in [0.15, 0.2) is 16.2 Å². The number of nitrogens with zero attached hydrogens (tertiary/aromatic N) is 4. The summed E-state index contributed by atoms with van der Waals surface area (Å²) in [5.74, 6) is 0. The van der Waals surface area contributed by atoms with Gasteiger partial charge in [0.15, 0.2) is 6.29 Å². The minimum atomic E-state index is -0.0233. The lowest BCUT2D eigenvalue weighted by Crippen LogP contribution is -2.42. The summed E-state index contributed by atoms with van der Waals surface area (Å²) < 4.78 is 0. The third-order valence-corrected chi connectivity index (χ3v) is 4.08. The molecule has 1 atom stereocenters. The second-order valence-electron chi connectivity index (χ2n) is 5.71. The number of hydrogen-bond acceptors (Lipinski definition) is 5. The van der Waals surface area contributed by atoms with Gasteiger partial charge < -0.3 is 5.32 Å². The lowest BCUT2D eigenvalue weighted by Gasteiger charge is -2.23. The van der Waals surface area contributed by atoms with Crippen molar-refractivity contribution in [2.24, 2.45) is 10.1 Å². The number of aryl methyl sites for hydroxylation is 1. The van der Waals surface area contributed by atoms with Gasteiger partial charge in [-0.2, -0.15) is 15.0 Å². The topological polar surface area (TPSA) is 66.6 Å². The van der Waals surface area contributed by atoms with E-state index in [9.17, 15) is 0 Å². The van der Waals surface area contributed by atoms with Gasteiger partial charge in [0.2, 0.25) is 0 Å². The summed E-state index contributed by atoms with van der Waals surface area (Å²) in [4.78, 5) is 6.24. The Morgan fingerprint density at radius 1 is 1.43 bits per heavy atom. The van der Waals surface area contributed by atoms with Crippen molar-refractivity contribution in [2.75, 3.05) is 0 Å². The molecule has 3 aliphatic rings. The summed E-state index contributed by atoms with van der Waals surface area (Å²) in [5, 5.41) is 16.0. The van der Waals surface area contributed by atoms with E-state index in [1.165, 1.54) is 24.1 Å². The number of aromatic nitrogens is 2. The third-order valence-electron chi connectivity index (χ3n) is 4.08. The Kier molecular flexibility index (Phi) is 3.11. The zero-order valence-corrected chi connectivity index (χ0v) is 12.2. The van der Waals surface area contributed by atoms with Crippen molar-refractivity contribution in [3.8, 4) is 0 Å². The first-order chi connectivity index (χ1) is 10.3. The number of hydrogen-bond donors (Lipinski definition) is 2. The molecule has 0 bridgehead atoms. The monoisotopic (exact) mass is 284 g/mol. The molecule has 1 unspecified atom stereocenters. The molecule has 6 nitrogen and oxygen atoms in total. The minimum Gasteiger partial charge on any atom is -0.351 e. The van der Waals surface area contributed by atoms with Crippen LogP contribution in [0.1, 0.15) is 43.1 Å². The molecule has 1 aliphatic carbocycles. The first-order valence-electron chi connectivity index (χ1n) is 7.75. The minimum absolute atomic E-state index is 0.0233. The molecule has 0 saturated heterocycles. The van der Waals surface area contributed by atoms with Crippen molar-refractivity contribution in [1.29, 1.82) is 0 Å². The van der Waals surface area contributed by atoms with Crippen molar-refractivity contribution >= 4 is 18.1 Å². The molecule has 0 spiro atoms. The lowest BCUT2D eigenvalue weighted by molar-refractivity contribution is 0.491. The molecule has 6 heteroatoms. The van der Waals surface area contributed by atoms with Crippen LogP contribution in [0, 0.1) is 0 Å². The zero-order chi connectivity index (χ0) is 14.2. The predicted octanol–water partition coefficient (Wildman–Crippen LogP) is 1.28. The SMILES string of the molecule is CCc1nn2c(c1C1=CC=NC(NC3CC3)N1)CCC=N2. The smallest absolute Gasteiger partial charge is 0.173 e. The maximum absolute atomic E-state index is 4.62. The van der Waals surface area contributed by atoms with E-state index in [4.69, 9.17) is 0 Å². The summed E-state index contributed by atoms with van der Waals surface area (Å²) in [6.45, 7) is 2.14. The number of fused-ring (bicyclic) bond motifs is 1. The highest BCUT2D eigenvalue weighted by molar-refractivity contribution is 5.87. The van der Waals surface area contributed by atoms with Gasteiger partial charge in [0.05, 0.1) is 11.4 Å². The molecule has 2 N–H and O–H groups in total. The van der Waals surface area contributed by atoms with Crippen LogP contribution in [0.4, 0.5) is 0 Å². The molecule has 1 aromatic rings. The molecule has 1 saturated carbocycles. The molecule has 21 heavy (non-hydrogen) atoms. The Morgan fingerprint density at radius 2 is 2.33 bits per heavy atom. The van der Waals surface area contributed by atoms with Crippen LogP contribution >= 0.6 is 0 Å². The Morgan fingerprint density at radius 3 is 3.14 bits per heavy atom. The van der Waals surface area contributed by atoms with E-state index in [0.29, 0.717) is 6.04 Å². The van der Waals surface area contributed by atoms with Crippen LogP contribution in [-0.2, 0) is 12.8 Å². The second kappa shape index (κ2) is 5.11. The van der Waals surface area contributed by atoms with Crippen LogP contribution in [0.5, 0.6) is 0 Å². The molecule has 3 heterocycles. The van der Waals surface area contributed by atoms with Crippen LogP contribution in [-0.4, -0.2) is 34.7 Å². The average Bonchev–Trinajstić information content (AvgIpc) is 3.24. The highest BCUT2D eigenvalue weighted by Gasteiger charge is 2.27. The van der Waals surface area contributed by atoms with Gasteiger partial charge in [0.25, 0.3) is 0 Å². The number of rotatable bonds is 4. The van der Waals surface area contributed by atoms with Crippen molar-refractivity contribution in [2.45, 2.75) is 51.4 Å². The van der Waals surface area contributed by atoms with Crippen molar-refractivity contribution < 1.29 is 0 Å². The van der Waals surface area contributed by atoms with Gasteiger partial charge in [0, 0.05) is 29.7 Å². The van der Waals surface area contributed by atoms with E-state index in [1.54, 1.807) is 4.79 Å². The lowest BCUT2D eigenvalue weighted by atomic mass is 10.0. The molecular formula is C15H20N6. The van der Waals surface area contributed by atoms with Crippen LogP contribution in [0.2, 0.25) is 0 Å². The molecule has 0 amide bonds. The zero-order valence-electron chi connectivity index (χ0n) is 12.2. The van der Waals surface area contributed by atoms with E-state index in [-0.39, 0.29) is 6.29 Å². The quantitative estimate of drug-likeness (QED) is 0.875. The molecule has 4 rings (SSSR count). The largest absolute Gasteiger partial charge is 0.351 e. The summed E-state index contributed by atoms with van der Waals surface area (Å²) in [5.41, 5.74) is 4.62. The molecular weight excluding hydrogens is 264 g/mol. The molecule has 0 radical (unpaired) electrons.